The molecule has 2 amide bonds. The molecule has 0 spiro atoms. The number of anilines is 1. The summed E-state index contributed by atoms with van der Waals surface area (Å²) in [6, 6.07) is 10.3. The molecule has 3 aromatic heterocycles. The van der Waals surface area contributed by atoms with Gasteiger partial charge in [0.25, 0.3) is 5.91 Å². The number of imidazole rings is 1. The quantitative estimate of drug-likeness (QED) is 0.297. The van der Waals surface area contributed by atoms with Crippen LogP contribution >= 0.6 is 11.5 Å². The van der Waals surface area contributed by atoms with E-state index in [1.807, 2.05) is 36.6 Å². The van der Waals surface area contributed by atoms with Gasteiger partial charge in [-0.15, -0.1) is 0 Å². The number of hydrogen-bond acceptors (Lipinski definition) is 7. The molecule has 1 atom stereocenters. The molecular formula is C28H24F2N6O3S. The number of aromatic nitrogens is 4. The van der Waals surface area contributed by atoms with Gasteiger partial charge in [0, 0.05) is 36.9 Å². The van der Waals surface area contributed by atoms with E-state index >= 15 is 0 Å². The molecule has 1 N–H and O–H groups in total. The van der Waals surface area contributed by atoms with E-state index in [1.165, 1.54) is 18.0 Å². The average molecular weight is 563 g/mol. The summed E-state index contributed by atoms with van der Waals surface area (Å²) in [6.07, 6.45) is 1.42. The first-order valence-electron chi connectivity index (χ1n) is 12.7. The van der Waals surface area contributed by atoms with E-state index < -0.39 is 17.7 Å². The normalized spacial score (nSPS) is 15.7. The number of aryl methyl sites for hydroxylation is 2. The second-order valence-electron chi connectivity index (χ2n) is 9.61. The standard InChI is InChI=1S/C28H24F2N6O3S/c1-14-26(15(2)39-33-14)16-7-10-22-20(11-16)32-27(36(22)25-13-21(34-40-25)28(38)31-3)23-5-4-6-24(37)35(23)17-8-9-18(29)19(30)12-17/h7-13,23H,4-6H2,1-3H3,(H,31,38). The third-order valence-electron chi connectivity index (χ3n) is 7.11. The molecule has 0 aliphatic carbocycles. The molecule has 40 heavy (non-hydrogen) atoms. The van der Waals surface area contributed by atoms with Gasteiger partial charge in [0.15, 0.2) is 11.6 Å². The molecule has 12 heteroatoms. The number of piperidine rings is 1. The Hall–Kier alpha value is -4.45. The van der Waals surface area contributed by atoms with Crippen LogP contribution in [0.25, 0.3) is 27.2 Å². The first-order valence-corrected chi connectivity index (χ1v) is 13.5. The van der Waals surface area contributed by atoms with Crippen molar-refractivity contribution in [2.45, 2.75) is 39.2 Å². The number of rotatable bonds is 5. The maximum atomic E-state index is 14.3. The maximum absolute atomic E-state index is 14.3. The number of halogens is 2. The monoisotopic (exact) mass is 562 g/mol. The van der Waals surface area contributed by atoms with Gasteiger partial charge < -0.3 is 14.7 Å². The number of carbonyl (C=O) groups excluding carboxylic acids is 2. The SMILES string of the molecule is CNC(=O)c1cc(-n2c(C3CCCC(=O)N3c3ccc(F)c(F)c3)nc3cc(-c4c(C)noc4C)ccc32)sn1. The molecule has 0 saturated carbocycles. The highest BCUT2D eigenvalue weighted by molar-refractivity contribution is 7.08. The van der Waals surface area contributed by atoms with Gasteiger partial charge in [-0.05, 0) is 68.1 Å². The van der Waals surface area contributed by atoms with Gasteiger partial charge >= 0.3 is 0 Å². The first kappa shape index (κ1) is 25.8. The van der Waals surface area contributed by atoms with Crippen LogP contribution in [0, 0.1) is 25.5 Å². The van der Waals surface area contributed by atoms with Crippen LogP contribution in [0.4, 0.5) is 14.5 Å². The van der Waals surface area contributed by atoms with E-state index in [2.05, 4.69) is 14.8 Å². The molecule has 2 aromatic carbocycles. The Kier molecular flexibility index (Phi) is 6.41. The Bertz CT molecular complexity index is 1770. The fraction of sp³-hybridized carbons (Fsp3) is 0.250. The van der Waals surface area contributed by atoms with E-state index in [1.54, 1.807) is 6.07 Å². The number of nitrogens with zero attached hydrogens (tertiary/aromatic N) is 5. The predicted octanol–water partition coefficient (Wildman–Crippen LogP) is 5.65. The summed E-state index contributed by atoms with van der Waals surface area (Å²) in [7, 11) is 1.53. The Labute approximate surface area is 231 Å². The Morgan fingerprint density at radius 2 is 1.95 bits per heavy atom. The van der Waals surface area contributed by atoms with Gasteiger partial charge in [0.05, 0.1) is 22.8 Å². The van der Waals surface area contributed by atoms with Crippen molar-refractivity contribution in [2.75, 3.05) is 11.9 Å². The summed E-state index contributed by atoms with van der Waals surface area (Å²) in [5, 5.41) is 7.27. The van der Waals surface area contributed by atoms with Crippen LogP contribution in [-0.4, -0.2) is 37.9 Å². The van der Waals surface area contributed by atoms with Gasteiger partial charge in [0.1, 0.15) is 22.3 Å². The fourth-order valence-electron chi connectivity index (χ4n) is 5.28. The minimum atomic E-state index is -1.04. The van der Waals surface area contributed by atoms with Crippen LogP contribution in [0.15, 0.2) is 47.0 Å². The van der Waals surface area contributed by atoms with Crippen LogP contribution in [0.1, 0.15) is 53.1 Å². The molecule has 1 fully saturated rings. The molecule has 1 saturated heterocycles. The summed E-state index contributed by atoms with van der Waals surface area (Å²) < 4.78 is 39.6. The summed E-state index contributed by atoms with van der Waals surface area (Å²) in [6.45, 7) is 3.71. The van der Waals surface area contributed by atoms with Gasteiger partial charge in [0.2, 0.25) is 5.91 Å². The van der Waals surface area contributed by atoms with Crippen molar-refractivity contribution >= 4 is 40.1 Å². The van der Waals surface area contributed by atoms with Crippen molar-refractivity contribution in [3.05, 3.63) is 77.1 Å². The van der Waals surface area contributed by atoms with Crippen molar-refractivity contribution in [2.24, 2.45) is 0 Å². The van der Waals surface area contributed by atoms with Crippen molar-refractivity contribution in [3.63, 3.8) is 0 Å². The van der Waals surface area contributed by atoms with Crippen LogP contribution in [-0.2, 0) is 4.79 Å². The number of carbonyl (C=O) groups is 2. The number of benzene rings is 2. The van der Waals surface area contributed by atoms with Crippen LogP contribution in [0.3, 0.4) is 0 Å². The van der Waals surface area contributed by atoms with Crippen molar-refractivity contribution in [1.82, 2.24) is 24.4 Å². The van der Waals surface area contributed by atoms with E-state index in [-0.39, 0.29) is 29.6 Å². The van der Waals surface area contributed by atoms with Gasteiger partial charge in [-0.25, -0.2) is 13.8 Å². The lowest BCUT2D eigenvalue weighted by Gasteiger charge is -2.35. The van der Waals surface area contributed by atoms with Crippen LogP contribution < -0.4 is 10.2 Å². The van der Waals surface area contributed by atoms with Gasteiger partial charge in [-0.2, -0.15) is 4.37 Å². The third kappa shape index (κ3) is 4.24. The Morgan fingerprint density at radius 3 is 2.67 bits per heavy atom. The number of fused-ring (bicyclic) bond motifs is 1. The Balaban J connectivity index is 1.56. The van der Waals surface area contributed by atoms with Gasteiger partial charge in [-0.3, -0.25) is 14.2 Å². The second-order valence-corrected chi connectivity index (χ2v) is 10.4. The molecule has 6 rings (SSSR count). The summed E-state index contributed by atoms with van der Waals surface area (Å²) >= 11 is 1.13. The molecule has 1 unspecified atom stereocenters. The molecule has 4 heterocycles. The summed E-state index contributed by atoms with van der Waals surface area (Å²) in [5.41, 5.74) is 4.36. The zero-order valence-electron chi connectivity index (χ0n) is 21.9. The predicted molar refractivity (Wildman–Crippen MR) is 146 cm³/mol. The highest BCUT2D eigenvalue weighted by atomic mass is 32.1. The fourth-order valence-corrected chi connectivity index (χ4v) is 6.05. The van der Waals surface area contributed by atoms with E-state index in [0.717, 1.165) is 46.0 Å². The van der Waals surface area contributed by atoms with Crippen molar-refractivity contribution in [3.8, 4) is 16.1 Å². The zero-order valence-corrected chi connectivity index (χ0v) is 22.7. The maximum Gasteiger partial charge on any atom is 0.270 e. The third-order valence-corrected chi connectivity index (χ3v) is 7.88. The molecular weight excluding hydrogens is 538 g/mol. The lowest BCUT2D eigenvalue weighted by atomic mass is 9.99. The second kappa shape index (κ2) is 9.94. The minimum absolute atomic E-state index is 0.215. The summed E-state index contributed by atoms with van der Waals surface area (Å²) in [5.74, 6) is -1.37. The molecule has 0 bridgehead atoms. The molecule has 204 valence electrons. The number of nitrogens with one attached hydrogen (secondary N) is 1. The highest BCUT2D eigenvalue weighted by Crippen LogP contribution is 2.40. The molecule has 1 aliphatic rings. The smallest absolute Gasteiger partial charge is 0.270 e. The van der Waals surface area contributed by atoms with Crippen molar-refractivity contribution < 1.29 is 22.9 Å². The average Bonchev–Trinajstić information content (AvgIpc) is 3.66. The molecule has 5 aromatic rings. The van der Waals surface area contributed by atoms with Crippen LogP contribution in [0.5, 0.6) is 0 Å². The largest absolute Gasteiger partial charge is 0.361 e. The lowest BCUT2D eigenvalue weighted by molar-refractivity contribution is -0.120. The van der Waals surface area contributed by atoms with Crippen molar-refractivity contribution in [1.29, 1.82) is 0 Å². The Morgan fingerprint density at radius 1 is 1.12 bits per heavy atom. The zero-order chi connectivity index (χ0) is 28.1. The molecule has 1 aliphatic heterocycles. The number of hydrogen-bond donors (Lipinski definition) is 1. The minimum Gasteiger partial charge on any atom is -0.361 e. The summed E-state index contributed by atoms with van der Waals surface area (Å²) in [4.78, 5) is 32.0. The lowest BCUT2D eigenvalue weighted by Crippen LogP contribution is -2.39. The first-order chi connectivity index (χ1) is 19.3. The van der Waals surface area contributed by atoms with E-state index in [9.17, 15) is 18.4 Å². The topological polar surface area (TPSA) is 106 Å². The molecule has 0 radical (unpaired) electrons. The van der Waals surface area contributed by atoms with Gasteiger partial charge in [-0.1, -0.05) is 11.2 Å². The van der Waals surface area contributed by atoms with E-state index in [4.69, 9.17) is 9.51 Å². The number of amides is 2. The molecule has 9 nitrogen and oxygen atoms in total. The van der Waals surface area contributed by atoms with E-state index in [0.29, 0.717) is 34.9 Å². The highest BCUT2D eigenvalue weighted by Gasteiger charge is 2.35. The van der Waals surface area contributed by atoms with Crippen LogP contribution in [0.2, 0.25) is 0 Å².